The van der Waals surface area contributed by atoms with Crippen LogP contribution in [0.1, 0.15) is 20.7 Å². The van der Waals surface area contributed by atoms with Crippen molar-refractivity contribution >= 4 is 23.3 Å². The Labute approximate surface area is 114 Å². The van der Waals surface area contributed by atoms with Crippen LogP contribution in [0, 0.1) is 0 Å². The van der Waals surface area contributed by atoms with Crippen LogP contribution in [0.4, 0.5) is 11.4 Å². The van der Waals surface area contributed by atoms with Crippen molar-refractivity contribution < 1.29 is 19.8 Å². The van der Waals surface area contributed by atoms with Gasteiger partial charge in [-0.2, -0.15) is 0 Å². The monoisotopic (exact) mass is 272 g/mol. The Kier molecular flexibility index (Phi) is 3.30. The number of hydrogen-bond acceptors (Lipinski definition) is 4. The highest BCUT2D eigenvalue weighted by atomic mass is 16.4. The van der Waals surface area contributed by atoms with Gasteiger partial charge in [0.1, 0.15) is 0 Å². The zero-order valence-electron chi connectivity index (χ0n) is 10.3. The molecule has 0 saturated carbocycles. The predicted octanol–water partition coefficient (Wildman–Crippen LogP) is 1.91. The Balaban J connectivity index is 2.75. The molecule has 2 rings (SSSR count). The van der Waals surface area contributed by atoms with Crippen molar-refractivity contribution in [3.8, 4) is 11.1 Å². The third kappa shape index (κ3) is 2.39. The Morgan fingerprint density at radius 2 is 1.10 bits per heavy atom. The van der Waals surface area contributed by atoms with Crippen molar-refractivity contribution in [2.24, 2.45) is 0 Å². The Morgan fingerprint density at radius 1 is 0.750 bits per heavy atom. The van der Waals surface area contributed by atoms with Gasteiger partial charge in [0.05, 0.1) is 11.1 Å². The van der Waals surface area contributed by atoms with Gasteiger partial charge in [0.25, 0.3) is 0 Å². The van der Waals surface area contributed by atoms with E-state index in [-0.39, 0.29) is 22.3 Å². The van der Waals surface area contributed by atoms with Crippen molar-refractivity contribution in [1.82, 2.24) is 0 Å². The normalized spacial score (nSPS) is 10.2. The lowest BCUT2D eigenvalue weighted by molar-refractivity contribution is 0.0684. The van der Waals surface area contributed by atoms with E-state index in [1.165, 1.54) is 36.4 Å². The summed E-state index contributed by atoms with van der Waals surface area (Å²) in [6.45, 7) is 0. The summed E-state index contributed by atoms with van der Waals surface area (Å²) in [6.07, 6.45) is 0. The van der Waals surface area contributed by atoms with Gasteiger partial charge >= 0.3 is 11.9 Å². The lowest BCUT2D eigenvalue weighted by Gasteiger charge is -2.11. The van der Waals surface area contributed by atoms with Crippen molar-refractivity contribution in [3.63, 3.8) is 0 Å². The van der Waals surface area contributed by atoms with Crippen LogP contribution in [-0.4, -0.2) is 22.2 Å². The number of benzene rings is 2. The maximum Gasteiger partial charge on any atom is 0.336 e. The van der Waals surface area contributed by atoms with Crippen LogP contribution in [-0.2, 0) is 0 Å². The summed E-state index contributed by atoms with van der Waals surface area (Å²) < 4.78 is 0. The van der Waals surface area contributed by atoms with E-state index < -0.39 is 11.9 Å². The molecule has 20 heavy (non-hydrogen) atoms. The van der Waals surface area contributed by atoms with E-state index in [4.69, 9.17) is 11.5 Å². The summed E-state index contributed by atoms with van der Waals surface area (Å²) in [5.74, 6) is -2.36. The zero-order chi connectivity index (χ0) is 14.9. The number of anilines is 2. The van der Waals surface area contributed by atoms with Crippen LogP contribution >= 0.6 is 0 Å². The number of hydrogen-bond donors (Lipinski definition) is 4. The molecule has 0 bridgehead atoms. The molecule has 0 saturated heterocycles. The van der Waals surface area contributed by atoms with Crippen LogP contribution in [0.3, 0.4) is 0 Å². The molecule has 0 spiro atoms. The number of carboxylic acid groups (broad SMARTS) is 2. The standard InChI is InChI=1S/C14H12N2O4/c15-7-1-3-9(11(5-7)13(17)18)10-4-2-8(16)6-12(10)14(19)20/h1-6H,15-16H2,(H,17,18)(H,19,20). The summed E-state index contributed by atoms with van der Waals surface area (Å²) in [5.41, 5.74) is 12.2. The van der Waals surface area contributed by atoms with Gasteiger partial charge in [-0.1, -0.05) is 12.1 Å². The summed E-state index contributed by atoms with van der Waals surface area (Å²) in [4.78, 5) is 22.5. The molecule has 6 nitrogen and oxygen atoms in total. The molecule has 0 aromatic heterocycles. The minimum Gasteiger partial charge on any atom is -0.478 e. The average Bonchev–Trinajstić information content (AvgIpc) is 2.38. The molecule has 0 unspecified atom stereocenters. The number of aromatic carboxylic acids is 2. The molecule has 0 heterocycles. The maximum atomic E-state index is 11.3. The molecule has 2 aromatic rings. The molecule has 0 atom stereocenters. The number of rotatable bonds is 3. The molecule has 0 fully saturated rings. The van der Waals surface area contributed by atoms with Gasteiger partial charge in [0, 0.05) is 11.4 Å². The molecule has 6 N–H and O–H groups in total. The van der Waals surface area contributed by atoms with E-state index in [0.717, 1.165) is 0 Å². The minimum absolute atomic E-state index is 0.0581. The number of carbonyl (C=O) groups is 2. The molecule has 0 aliphatic rings. The predicted molar refractivity (Wildman–Crippen MR) is 74.6 cm³/mol. The Bertz CT molecular complexity index is 649. The zero-order valence-corrected chi connectivity index (χ0v) is 10.3. The van der Waals surface area contributed by atoms with Gasteiger partial charge in [-0.05, 0) is 35.4 Å². The molecule has 0 aliphatic carbocycles. The van der Waals surface area contributed by atoms with E-state index >= 15 is 0 Å². The Morgan fingerprint density at radius 3 is 1.40 bits per heavy atom. The fourth-order valence-electron chi connectivity index (χ4n) is 1.95. The van der Waals surface area contributed by atoms with E-state index in [0.29, 0.717) is 11.4 Å². The fourth-order valence-corrected chi connectivity index (χ4v) is 1.95. The van der Waals surface area contributed by atoms with Crippen molar-refractivity contribution in [3.05, 3.63) is 47.5 Å². The molecular formula is C14H12N2O4. The largest absolute Gasteiger partial charge is 0.478 e. The molecule has 102 valence electrons. The van der Waals surface area contributed by atoms with Gasteiger partial charge in [-0.25, -0.2) is 9.59 Å². The SMILES string of the molecule is Nc1ccc(-c2ccc(N)cc2C(=O)O)c(C(=O)O)c1. The van der Waals surface area contributed by atoms with Crippen LogP contribution in [0.5, 0.6) is 0 Å². The fraction of sp³-hybridized carbons (Fsp3) is 0. The van der Waals surface area contributed by atoms with Crippen molar-refractivity contribution in [2.75, 3.05) is 11.5 Å². The third-order valence-electron chi connectivity index (χ3n) is 2.84. The van der Waals surface area contributed by atoms with Crippen LogP contribution < -0.4 is 11.5 Å². The van der Waals surface area contributed by atoms with Gasteiger partial charge in [0.15, 0.2) is 0 Å². The van der Waals surface area contributed by atoms with Crippen molar-refractivity contribution in [1.29, 1.82) is 0 Å². The highest BCUT2D eigenvalue weighted by Gasteiger charge is 2.18. The number of nitrogens with two attached hydrogens (primary N) is 2. The van der Waals surface area contributed by atoms with Crippen LogP contribution in [0.2, 0.25) is 0 Å². The molecule has 0 amide bonds. The molecule has 6 heteroatoms. The second-order valence-electron chi connectivity index (χ2n) is 4.22. The highest BCUT2D eigenvalue weighted by Crippen LogP contribution is 2.30. The van der Waals surface area contributed by atoms with Gasteiger partial charge < -0.3 is 21.7 Å². The van der Waals surface area contributed by atoms with Crippen molar-refractivity contribution in [2.45, 2.75) is 0 Å². The first-order valence-corrected chi connectivity index (χ1v) is 5.66. The molecule has 0 aliphatic heterocycles. The van der Waals surface area contributed by atoms with Gasteiger partial charge in [0.2, 0.25) is 0 Å². The highest BCUT2D eigenvalue weighted by molar-refractivity contribution is 6.03. The number of carboxylic acids is 2. The van der Waals surface area contributed by atoms with Gasteiger partial charge in [-0.3, -0.25) is 0 Å². The smallest absolute Gasteiger partial charge is 0.336 e. The first kappa shape index (κ1) is 13.4. The van der Waals surface area contributed by atoms with E-state index in [1.807, 2.05) is 0 Å². The van der Waals surface area contributed by atoms with E-state index in [9.17, 15) is 19.8 Å². The first-order chi connectivity index (χ1) is 9.40. The summed E-state index contributed by atoms with van der Waals surface area (Å²) in [6, 6.07) is 8.58. The second-order valence-corrected chi connectivity index (χ2v) is 4.22. The lowest BCUT2D eigenvalue weighted by Crippen LogP contribution is -2.05. The quantitative estimate of drug-likeness (QED) is 0.632. The molecule has 0 radical (unpaired) electrons. The van der Waals surface area contributed by atoms with Gasteiger partial charge in [-0.15, -0.1) is 0 Å². The maximum absolute atomic E-state index is 11.3. The lowest BCUT2D eigenvalue weighted by atomic mass is 9.94. The first-order valence-electron chi connectivity index (χ1n) is 5.66. The minimum atomic E-state index is -1.18. The Hall–Kier alpha value is -3.02. The van der Waals surface area contributed by atoms with Crippen LogP contribution in [0.25, 0.3) is 11.1 Å². The summed E-state index contributed by atoms with van der Waals surface area (Å²) >= 11 is 0. The van der Waals surface area contributed by atoms with E-state index in [2.05, 4.69) is 0 Å². The average molecular weight is 272 g/mol. The summed E-state index contributed by atoms with van der Waals surface area (Å²) in [7, 11) is 0. The third-order valence-corrected chi connectivity index (χ3v) is 2.84. The number of nitrogen functional groups attached to an aromatic ring is 2. The van der Waals surface area contributed by atoms with Crippen LogP contribution in [0.15, 0.2) is 36.4 Å². The van der Waals surface area contributed by atoms with E-state index in [1.54, 1.807) is 0 Å². The second kappa shape index (κ2) is 4.93. The summed E-state index contributed by atoms with van der Waals surface area (Å²) in [5, 5.41) is 18.4. The topological polar surface area (TPSA) is 127 Å². The molecular weight excluding hydrogens is 260 g/mol. The molecule has 2 aromatic carbocycles.